The number of nitrogens with one attached hydrogen (secondary N) is 1. The van der Waals surface area contributed by atoms with E-state index in [1.54, 1.807) is 0 Å². The molecule has 0 aliphatic rings. The first-order chi connectivity index (χ1) is 16.0. The van der Waals surface area contributed by atoms with E-state index < -0.39 is 0 Å². The van der Waals surface area contributed by atoms with E-state index in [0.717, 1.165) is 34.0 Å². The van der Waals surface area contributed by atoms with Crippen LogP contribution in [0.3, 0.4) is 0 Å². The van der Waals surface area contributed by atoms with E-state index in [4.69, 9.17) is 0 Å². The molecule has 0 saturated heterocycles. The Bertz CT molecular complexity index is 1290. The molecule has 4 aromatic carbocycles. The Labute approximate surface area is 197 Å². The van der Waals surface area contributed by atoms with Crippen LogP contribution in [0.5, 0.6) is 0 Å². The molecule has 0 fully saturated rings. The van der Waals surface area contributed by atoms with Crippen molar-refractivity contribution in [2.45, 2.75) is 39.5 Å². The van der Waals surface area contributed by atoms with Crippen molar-refractivity contribution in [2.24, 2.45) is 0 Å². The van der Waals surface area contributed by atoms with Gasteiger partial charge in [-0.15, -0.1) is 0 Å². The summed E-state index contributed by atoms with van der Waals surface area (Å²) in [6, 6.07) is 31.1. The zero-order valence-electron chi connectivity index (χ0n) is 19.6. The van der Waals surface area contributed by atoms with Gasteiger partial charge in [0, 0.05) is 5.69 Å². The summed E-state index contributed by atoms with van der Waals surface area (Å²) in [5, 5.41) is 5.56. The highest BCUT2D eigenvalue weighted by Crippen LogP contribution is 2.31. The summed E-state index contributed by atoms with van der Waals surface area (Å²) in [7, 11) is 0. The standard InChI is InChI=1S/C31H31NO/c1-22(2)19-20-29(28-17-10-15-24-12-6-8-16-27(24)28)31(33)32-30-18-9-7-14-26(30)21-25-13-5-4-11-23(25)3/h4-19,29H,20-21H2,1-3H3,(H,32,33). The highest BCUT2D eigenvalue weighted by molar-refractivity contribution is 6.00. The minimum absolute atomic E-state index is 0.0288. The molecule has 1 amide bonds. The topological polar surface area (TPSA) is 29.1 Å². The molecule has 0 radical (unpaired) electrons. The van der Waals surface area contributed by atoms with Gasteiger partial charge in [0.25, 0.3) is 0 Å². The van der Waals surface area contributed by atoms with Crippen molar-refractivity contribution >= 4 is 22.4 Å². The molecule has 0 saturated carbocycles. The van der Waals surface area contributed by atoms with Crippen molar-refractivity contribution in [2.75, 3.05) is 5.32 Å². The zero-order valence-corrected chi connectivity index (χ0v) is 19.6. The largest absolute Gasteiger partial charge is 0.325 e. The molecule has 0 spiro atoms. The molecule has 33 heavy (non-hydrogen) atoms. The van der Waals surface area contributed by atoms with E-state index in [-0.39, 0.29) is 11.8 Å². The molecule has 166 valence electrons. The van der Waals surface area contributed by atoms with Gasteiger partial charge in [-0.1, -0.05) is 96.6 Å². The number of rotatable bonds is 7. The van der Waals surface area contributed by atoms with Crippen LogP contribution in [0.1, 0.15) is 48.4 Å². The summed E-state index contributed by atoms with van der Waals surface area (Å²) < 4.78 is 0. The highest BCUT2D eigenvalue weighted by Gasteiger charge is 2.22. The maximum atomic E-state index is 13.7. The van der Waals surface area contributed by atoms with Gasteiger partial charge >= 0.3 is 0 Å². The monoisotopic (exact) mass is 433 g/mol. The summed E-state index contributed by atoms with van der Waals surface area (Å²) >= 11 is 0. The second kappa shape index (κ2) is 10.3. The summed E-state index contributed by atoms with van der Waals surface area (Å²) in [4.78, 5) is 13.7. The normalized spacial score (nSPS) is 11.7. The summed E-state index contributed by atoms with van der Waals surface area (Å²) in [5.41, 5.74) is 6.82. The molecule has 0 heterocycles. The molecular weight excluding hydrogens is 402 g/mol. The first kappa shape index (κ1) is 22.5. The number of aryl methyl sites for hydroxylation is 1. The van der Waals surface area contributed by atoms with Gasteiger partial charge in [0.15, 0.2) is 0 Å². The number of carbonyl (C=O) groups is 1. The lowest BCUT2D eigenvalue weighted by molar-refractivity contribution is -0.117. The molecule has 2 heteroatoms. The summed E-state index contributed by atoms with van der Waals surface area (Å²) in [6.45, 7) is 6.29. The van der Waals surface area contributed by atoms with Gasteiger partial charge in [0.1, 0.15) is 0 Å². The number of hydrogen-bond acceptors (Lipinski definition) is 1. The summed E-state index contributed by atoms with van der Waals surface area (Å²) in [5.74, 6) is -0.237. The molecule has 1 atom stereocenters. The lowest BCUT2D eigenvalue weighted by Crippen LogP contribution is -2.22. The first-order valence-corrected chi connectivity index (χ1v) is 11.6. The van der Waals surface area contributed by atoms with Crippen LogP contribution in [0, 0.1) is 6.92 Å². The predicted molar refractivity (Wildman–Crippen MR) is 140 cm³/mol. The second-order valence-electron chi connectivity index (χ2n) is 8.89. The zero-order chi connectivity index (χ0) is 23.2. The van der Waals surface area contributed by atoms with Crippen molar-refractivity contribution in [1.29, 1.82) is 0 Å². The number of anilines is 1. The van der Waals surface area contributed by atoms with Crippen LogP contribution in [0.2, 0.25) is 0 Å². The Morgan fingerprint density at radius 2 is 1.48 bits per heavy atom. The number of para-hydroxylation sites is 1. The van der Waals surface area contributed by atoms with Crippen LogP contribution < -0.4 is 5.32 Å². The fourth-order valence-corrected chi connectivity index (χ4v) is 4.31. The van der Waals surface area contributed by atoms with E-state index in [2.05, 4.69) is 86.8 Å². The first-order valence-electron chi connectivity index (χ1n) is 11.6. The van der Waals surface area contributed by atoms with Gasteiger partial charge in [-0.05, 0) is 72.7 Å². The molecule has 0 aromatic heterocycles. The fraction of sp³-hybridized carbons (Fsp3) is 0.194. The lowest BCUT2D eigenvalue weighted by Gasteiger charge is -2.20. The quantitative estimate of drug-likeness (QED) is 0.296. The van der Waals surface area contributed by atoms with Crippen LogP contribution in [0.15, 0.2) is 103 Å². The molecule has 1 N–H and O–H groups in total. The van der Waals surface area contributed by atoms with E-state index >= 15 is 0 Å². The molecule has 4 aromatic rings. The van der Waals surface area contributed by atoms with Gasteiger partial charge in [0.2, 0.25) is 5.91 Å². The van der Waals surface area contributed by atoms with Crippen molar-refractivity contribution in [1.82, 2.24) is 0 Å². The maximum absolute atomic E-state index is 13.7. The average molecular weight is 434 g/mol. The average Bonchev–Trinajstić information content (AvgIpc) is 2.82. The Kier molecular flexibility index (Phi) is 7.04. The Morgan fingerprint density at radius 3 is 2.27 bits per heavy atom. The minimum Gasteiger partial charge on any atom is -0.325 e. The SMILES string of the molecule is CC(C)=CCC(C(=O)Nc1ccccc1Cc1ccccc1C)c1cccc2ccccc12. The van der Waals surface area contributed by atoms with Crippen molar-refractivity contribution in [3.8, 4) is 0 Å². The molecule has 2 nitrogen and oxygen atoms in total. The van der Waals surface area contributed by atoms with Gasteiger partial charge < -0.3 is 5.32 Å². The number of amides is 1. The molecule has 4 rings (SSSR count). The third-order valence-corrected chi connectivity index (χ3v) is 6.19. The molecule has 0 bridgehead atoms. The van der Waals surface area contributed by atoms with Gasteiger partial charge in [-0.3, -0.25) is 4.79 Å². The predicted octanol–water partition coefficient (Wildman–Crippen LogP) is 7.82. The molecular formula is C31H31NO. The molecule has 1 unspecified atom stereocenters. The Balaban J connectivity index is 1.67. The fourth-order valence-electron chi connectivity index (χ4n) is 4.31. The molecule has 0 aliphatic carbocycles. The highest BCUT2D eigenvalue weighted by atomic mass is 16.1. The number of hydrogen-bond donors (Lipinski definition) is 1. The third-order valence-electron chi connectivity index (χ3n) is 6.19. The van der Waals surface area contributed by atoms with Crippen LogP contribution in [-0.2, 0) is 11.2 Å². The summed E-state index contributed by atoms with van der Waals surface area (Å²) in [6.07, 6.45) is 3.61. The van der Waals surface area contributed by atoms with Gasteiger partial charge in [-0.2, -0.15) is 0 Å². The Hall–Kier alpha value is -3.65. The number of carbonyl (C=O) groups excluding carboxylic acids is 1. The number of benzene rings is 4. The van der Waals surface area contributed by atoms with Crippen molar-refractivity contribution in [3.63, 3.8) is 0 Å². The van der Waals surface area contributed by atoms with E-state index in [0.29, 0.717) is 6.42 Å². The third kappa shape index (κ3) is 5.40. The Morgan fingerprint density at radius 1 is 0.818 bits per heavy atom. The van der Waals surface area contributed by atoms with Crippen molar-refractivity contribution < 1.29 is 4.79 Å². The van der Waals surface area contributed by atoms with E-state index in [9.17, 15) is 4.79 Å². The smallest absolute Gasteiger partial charge is 0.232 e. The van der Waals surface area contributed by atoms with E-state index in [1.165, 1.54) is 16.7 Å². The van der Waals surface area contributed by atoms with Gasteiger partial charge in [-0.25, -0.2) is 0 Å². The second-order valence-corrected chi connectivity index (χ2v) is 8.89. The molecule has 0 aliphatic heterocycles. The van der Waals surface area contributed by atoms with Crippen LogP contribution in [0.25, 0.3) is 10.8 Å². The van der Waals surface area contributed by atoms with E-state index in [1.807, 2.05) is 36.4 Å². The minimum atomic E-state index is -0.266. The number of allylic oxidation sites excluding steroid dienone is 2. The van der Waals surface area contributed by atoms with Crippen LogP contribution in [0.4, 0.5) is 5.69 Å². The van der Waals surface area contributed by atoms with Gasteiger partial charge in [0.05, 0.1) is 5.92 Å². The number of fused-ring (bicyclic) bond motifs is 1. The van der Waals surface area contributed by atoms with Crippen LogP contribution in [-0.4, -0.2) is 5.91 Å². The van der Waals surface area contributed by atoms with Crippen LogP contribution >= 0.6 is 0 Å². The maximum Gasteiger partial charge on any atom is 0.232 e. The van der Waals surface area contributed by atoms with Crippen molar-refractivity contribution in [3.05, 3.63) is 125 Å². The lowest BCUT2D eigenvalue weighted by atomic mass is 9.89.